The van der Waals surface area contributed by atoms with E-state index in [1.807, 2.05) is 24.3 Å². The molecule has 0 saturated heterocycles. The van der Waals surface area contributed by atoms with Gasteiger partial charge in [0.2, 0.25) is 0 Å². The van der Waals surface area contributed by atoms with Crippen molar-refractivity contribution >= 4 is 12.1 Å². The van der Waals surface area contributed by atoms with Crippen molar-refractivity contribution in [2.75, 3.05) is 26.2 Å². The van der Waals surface area contributed by atoms with Crippen molar-refractivity contribution in [3.05, 3.63) is 50.6 Å². The SMILES string of the molecule is C=CCN(CC=C)SN(CC=C)CC=C. The molecule has 0 aliphatic carbocycles. The molecule has 0 rings (SSSR count). The summed E-state index contributed by atoms with van der Waals surface area (Å²) in [5.41, 5.74) is 0. The van der Waals surface area contributed by atoms with E-state index in [0.717, 1.165) is 26.2 Å². The number of rotatable bonds is 10. The van der Waals surface area contributed by atoms with Crippen LogP contribution < -0.4 is 0 Å². The maximum atomic E-state index is 3.73. The van der Waals surface area contributed by atoms with Crippen LogP contribution >= 0.6 is 12.1 Å². The van der Waals surface area contributed by atoms with Crippen molar-refractivity contribution in [3.63, 3.8) is 0 Å². The Morgan fingerprint density at radius 3 is 1.13 bits per heavy atom. The Kier molecular flexibility index (Phi) is 9.27. The monoisotopic (exact) mass is 224 g/mol. The summed E-state index contributed by atoms with van der Waals surface area (Å²) in [5.74, 6) is 0. The molecule has 0 aromatic rings. The molecule has 84 valence electrons. The van der Waals surface area contributed by atoms with E-state index in [-0.39, 0.29) is 0 Å². The molecule has 15 heavy (non-hydrogen) atoms. The van der Waals surface area contributed by atoms with Crippen LogP contribution in [0.5, 0.6) is 0 Å². The molecule has 0 aromatic heterocycles. The number of nitrogens with zero attached hydrogens (tertiary/aromatic N) is 2. The summed E-state index contributed by atoms with van der Waals surface area (Å²) in [7, 11) is 0. The van der Waals surface area contributed by atoms with Gasteiger partial charge in [-0.1, -0.05) is 24.3 Å². The summed E-state index contributed by atoms with van der Waals surface area (Å²) in [6, 6.07) is 0. The average Bonchev–Trinajstić information content (AvgIpc) is 2.19. The Morgan fingerprint density at radius 1 is 0.667 bits per heavy atom. The van der Waals surface area contributed by atoms with E-state index in [9.17, 15) is 0 Å². The fourth-order valence-electron chi connectivity index (χ4n) is 1.02. The van der Waals surface area contributed by atoms with Crippen LogP contribution in [-0.4, -0.2) is 34.8 Å². The lowest BCUT2D eigenvalue weighted by atomic mass is 10.5. The minimum Gasteiger partial charge on any atom is -0.230 e. The van der Waals surface area contributed by atoms with Gasteiger partial charge in [-0.15, -0.1) is 26.3 Å². The normalized spacial score (nSPS) is 10.3. The molecule has 0 spiro atoms. The molecule has 0 bridgehead atoms. The van der Waals surface area contributed by atoms with Crippen LogP contribution in [0.3, 0.4) is 0 Å². The van der Waals surface area contributed by atoms with Gasteiger partial charge in [-0.25, -0.2) is 8.61 Å². The van der Waals surface area contributed by atoms with Gasteiger partial charge in [-0.2, -0.15) is 0 Å². The van der Waals surface area contributed by atoms with Crippen molar-refractivity contribution in [2.45, 2.75) is 0 Å². The van der Waals surface area contributed by atoms with Crippen molar-refractivity contribution in [3.8, 4) is 0 Å². The van der Waals surface area contributed by atoms with Gasteiger partial charge in [0.05, 0.1) is 0 Å². The topological polar surface area (TPSA) is 6.48 Å². The van der Waals surface area contributed by atoms with Gasteiger partial charge < -0.3 is 0 Å². The molecule has 0 heterocycles. The van der Waals surface area contributed by atoms with Gasteiger partial charge in [0.15, 0.2) is 0 Å². The summed E-state index contributed by atoms with van der Waals surface area (Å²) in [4.78, 5) is 0. The van der Waals surface area contributed by atoms with Gasteiger partial charge in [0, 0.05) is 38.3 Å². The Hall–Kier alpha value is -0.770. The van der Waals surface area contributed by atoms with Gasteiger partial charge in [-0.05, 0) is 0 Å². The lowest BCUT2D eigenvalue weighted by Crippen LogP contribution is -2.26. The van der Waals surface area contributed by atoms with Crippen LogP contribution in [0.25, 0.3) is 0 Å². The Balaban J connectivity index is 4.15. The molecule has 0 aromatic carbocycles. The van der Waals surface area contributed by atoms with Gasteiger partial charge in [-0.3, -0.25) is 0 Å². The third-order valence-corrected chi connectivity index (χ3v) is 2.62. The Morgan fingerprint density at radius 2 is 0.933 bits per heavy atom. The standard InChI is InChI=1S/C12H20N2S/c1-5-9-13(10-6-2)15-14(11-7-3)12-8-4/h5-8H,1-4,9-12H2. The molecule has 0 unspecified atom stereocenters. The maximum absolute atomic E-state index is 3.73. The zero-order chi connectivity index (χ0) is 11.5. The Bertz CT molecular complexity index is 172. The summed E-state index contributed by atoms with van der Waals surface area (Å²) in [5, 5.41) is 0. The van der Waals surface area contributed by atoms with Crippen LogP contribution in [0.1, 0.15) is 0 Å². The third kappa shape index (κ3) is 7.19. The quantitative estimate of drug-likeness (QED) is 0.416. The van der Waals surface area contributed by atoms with Crippen LogP contribution in [0.4, 0.5) is 0 Å². The van der Waals surface area contributed by atoms with E-state index < -0.39 is 0 Å². The van der Waals surface area contributed by atoms with Crippen LogP contribution in [-0.2, 0) is 0 Å². The first-order valence-electron chi connectivity index (χ1n) is 4.90. The summed E-state index contributed by atoms with van der Waals surface area (Å²) < 4.78 is 4.35. The highest BCUT2D eigenvalue weighted by Crippen LogP contribution is 2.15. The highest BCUT2D eigenvalue weighted by Gasteiger charge is 2.07. The fourth-order valence-corrected chi connectivity index (χ4v) is 2.04. The number of hydrogen-bond donors (Lipinski definition) is 0. The van der Waals surface area contributed by atoms with Crippen LogP contribution in [0.15, 0.2) is 50.6 Å². The van der Waals surface area contributed by atoms with Gasteiger partial charge in [0.25, 0.3) is 0 Å². The van der Waals surface area contributed by atoms with E-state index in [4.69, 9.17) is 0 Å². The predicted molar refractivity (Wildman–Crippen MR) is 71.5 cm³/mol. The first-order chi connectivity index (χ1) is 7.28. The second-order valence-corrected chi connectivity index (χ2v) is 4.13. The molecule has 0 radical (unpaired) electrons. The molecule has 0 aliphatic rings. The van der Waals surface area contributed by atoms with E-state index >= 15 is 0 Å². The molecule has 0 amide bonds. The lowest BCUT2D eigenvalue weighted by molar-refractivity contribution is 0.504. The van der Waals surface area contributed by atoms with Crippen molar-refractivity contribution in [1.29, 1.82) is 0 Å². The van der Waals surface area contributed by atoms with Gasteiger partial charge >= 0.3 is 0 Å². The molecule has 3 heteroatoms. The Labute approximate surface area is 97.9 Å². The van der Waals surface area contributed by atoms with Crippen molar-refractivity contribution in [2.24, 2.45) is 0 Å². The molecular weight excluding hydrogens is 204 g/mol. The first-order valence-corrected chi connectivity index (χ1v) is 5.63. The highest BCUT2D eigenvalue weighted by molar-refractivity contribution is 7.94. The minimum atomic E-state index is 0.835. The summed E-state index contributed by atoms with van der Waals surface area (Å²) in [6.07, 6.45) is 7.54. The molecular formula is C12H20N2S. The average molecular weight is 224 g/mol. The zero-order valence-electron chi connectivity index (χ0n) is 9.27. The smallest absolute Gasteiger partial charge is 0.0283 e. The highest BCUT2D eigenvalue weighted by atomic mass is 32.2. The summed E-state index contributed by atoms with van der Waals surface area (Å²) >= 11 is 1.67. The number of hydrogen-bond acceptors (Lipinski definition) is 3. The van der Waals surface area contributed by atoms with Crippen LogP contribution in [0, 0.1) is 0 Å². The molecule has 2 nitrogen and oxygen atoms in total. The minimum absolute atomic E-state index is 0.835. The first kappa shape index (κ1) is 14.2. The lowest BCUT2D eigenvalue weighted by Gasteiger charge is -2.25. The third-order valence-electron chi connectivity index (χ3n) is 1.56. The molecule has 0 atom stereocenters. The molecule has 0 fully saturated rings. The molecule has 0 aliphatic heterocycles. The van der Waals surface area contributed by atoms with E-state index in [0.29, 0.717) is 0 Å². The molecule has 0 N–H and O–H groups in total. The second-order valence-electron chi connectivity index (χ2n) is 2.93. The van der Waals surface area contributed by atoms with E-state index in [1.165, 1.54) is 0 Å². The van der Waals surface area contributed by atoms with Gasteiger partial charge in [0.1, 0.15) is 0 Å². The largest absolute Gasteiger partial charge is 0.230 e. The second kappa shape index (κ2) is 9.77. The maximum Gasteiger partial charge on any atom is 0.0283 e. The predicted octanol–water partition coefficient (Wildman–Crippen LogP) is 2.90. The summed E-state index contributed by atoms with van der Waals surface area (Å²) in [6.45, 7) is 18.3. The van der Waals surface area contributed by atoms with E-state index in [2.05, 4.69) is 34.9 Å². The fraction of sp³-hybridized carbons (Fsp3) is 0.333. The zero-order valence-corrected chi connectivity index (χ0v) is 10.1. The van der Waals surface area contributed by atoms with Crippen LogP contribution in [0.2, 0.25) is 0 Å². The van der Waals surface area contributed by atoms with Crippen molar-refractivity contribution < 1.29 is 0 Å². The van der Waals surface area contributed by atoms with Crippen molar-refractivity contribution in [1.82, 2.24) is 8.61 Å². The van der Waals surface area contributed by atoms with E-state index in [1.54, 1.807) is 12.1 Å². The molecule has 0 saturated carbocycles.